The Morgan fingerprint density at radius 1 is 0.795 bits per heavy atom. The number of halogens is 6. The highest BCUT2D eigenvalue weighted by Gasteiger charge is 2.37. The van der Waals surface area contributed by atoms with E-state index in [0.29, 0.717) is 39.7 Å². The maximum Gasteiger partial charge on any atom is 0.416 e. The summed E-state index contributed by atoms with van der Waals surface area (Å²) in [7, 11) is 1.54. The van der Waals surface area contributed by atoms with Crippen LogP contribution in [0.5, 0.6) is 5.75 Å². The van der Waals surface area contributed by atoms with Gasteiger partial charge in [-0.05, 0) is 65.2 Å². The second-order valence-corrected chi connectivity index (χ2v) is 9.02. The highest BCUT2D eigenvalue weighted by molar-refractivity contribution is 6.18. The van der Waals surface area contributed by atoms with Crippen molar-refractivity contribution in [2.24, 2.45) is 5.73 Å². The quantitative estimate of drug-likeness (QED) is 0.232. The van der Waals surface area contributed by atoms with Crippen molar-refractivity contribution in [2.45, 2.75) is 18.9 Å². The molecule has 1 heterocycles. The fourth-order valence-corrected chi connectivity index (χ4v) is 4.78. The average molecular weight is 542 g/mol. The summed E-state index contributed by atoms with van der Waals surface area (Å²) in [5, 5.41) is 1.05. The predicted molar refractivity (Wildman–Crippen MR) is 135 cm³/mol. The zero-order valence-electron chi connectivity index (χ0n) is 20.3. The second-order valence-electron chi connectivity index (χ2n) is 9.02. The summed E-state index contributed by atoms with van der Waals surface area (Å²) in [6.45, 7) is -0.318. The molecule has 4 nitrogen and oxygen atoms in total. The van der Waals surface area contributed by atoms with Crippen molar-refractivity contribution in [1.29, 1.82) is 0 Å². The Morgan fingerprint density at radius 2 is 1.41 bits per heavy atom. The fraction of sp³-hybridized carbons (Fsp3) is 0.138. The van der Waals surface area contributed by atoms with Crippen molar-refractivity contribution >= 4 is 27.7 Å². The third-order valence-electron chi connectivity index (χ3n) is 6.57. The van der Waals surface area contributed by atoms with Gasteiger partial charge in [-0.3, -0.25) is 4.79 Å². The Balaban J connectivity index is 1.76. The van der Waals surface area contributed by atoms with Gasteiger partial charge in [-0.15, -0.1) is 0 Å². The number of ether oxygens (including phenoxy) is 1. The van der Waals surface area contributed by atoms with E-state index in [-0.39, 0.29) is 23.7 Å². The van der Waals surface area contributed by atoms with E-state index in [0.717, 1.165) is 11.1 Å². The molecule has 4 aromatic carbocycles. The van der Waals surface area contributed by atoms with E-state index in [1.165, 1.54) is 13.2 Å². The van der Waals surface area contributed by atoms with Gasteiger partial charge in [0.15, 0.2) is 0 Å². The first-order valence-corrected chi connectivity index (χ1v) is 11.6. The lowest BCUT2D eigenvalue weighted by atomic mass is 10.0. The number of carbonyl (C=O) groups is 1. The van der Waals surface area contributed by atoms with Crippen molar-refractivity contribution in [3.63, 3.8) is 0 Å². The van der Waals surface area contributed by atoms with Gasteiger partial charge in [-0.25, -0.2) is 0 Å². The molecule has 200 valence electrons. The maximum absolute atomic E-state index is 13.5. The van der Waals surface area contributed by atoms with Crippen molar-refractivity contribution in [3.8, 4) is 16.9 Å². The van der Waals surface area contributed by atoms with E-state index in [4.69, 9.17) is 10.5 Å². The third kappa shape index (κ3) is 4.89. The molecule has 0 saturated carbocycles. The Morgan fingerprint density at radius 3 is 1.97 bits per heavy atom. The number of primary amides is 1. The monoisotopic (exact) mass is 542 g/mol. The van der Waals surface area contributed by atoms with Crippen LogP contribution < -0.4 is 10.5 Å². The lowest BCUT2D eigenvalue weighted by Gasteiger charge is -2.16. The number of alkyl halides is 6. The van der Waals surface area contributed by atoms with Crippen molar-refractivity contribution in [3.05, 3.63) is 101 Å². The Hall–Kier alpha value is -4.47. The molecule has 0 aliphatic rings. The van der Waals surface area contributed by atoms with Gasteiger partial charge in [0, 0.05) is 22.9 Å². The second kappa shape index (κ2) is 9.37. The van der Waals surface area contributed by atoms with Crippen LogP contribution in [0.15, 0.2) is 78.9 Å². The van der Waals surface area contributed by atoms with Crippen LogP contribution in [-0.2, 0) is 18.9 Å². The van der Waals surface area contributed by atoms with Crippen LogP contribution in [0, 0.1) is 0 Å². The van der Waals surface area contributed by atoms with E-state index in [1.807, 2.05) is 18.2 Å². The summed E-state index contributed by atoms with van der Waals surface area (Å²) < 4.78 is 87.9. The number of nitrogens with zero attached hydrogens (tertiary/aromatic N) is 1. The van der Waals surface area contributed by atoms with Crippen LogP contribution in [0.1, 0.15) is 27.0 Å². The SMILES string of the molecule is COc1ccc(-c2ccc3c4c(C(N)=O)cccc4n(Cc4cc(C(F)(F)F)cc(C(F)(F)F)c4)c3c2)cc1. The van der Waals surface area contributed by atoms with Gasteiger partial charge in [-0.2, -0.15) is 26.3 Å². The predicted octanol–water partition coefficient (Wildman–Crippen LogP) is 7.65. The fourth-order valence-electron chi connectivity index (χ4n) is 4.78. The summed E-state index contributed by atoms with van der Waals surface area (Å²) in [6, 6.07) is 18.8. The molecule has 0 atom stereocenters. The minimum absolute atomic E-state index is 0.0996. The van der Waals surface area contributed by atoms with E-state index < -0.39 is 29.4 Å². The summed E-state index contributed by atoms with van der Waals surface area (Å²) in [5.41, 5.74) is 5.31. The number of nitrogens with two attached hydrogens (primary N) is 1. The molecule has 0 spiro atoms. The molecule has 0 fully saturated rings. The molecular weight excluding hydrogens is 522 g/mol. The molecule has 0 radical (unpaired) electrons. The van der Waals surface area contributed by atoms with Crippen LogP contribution in [-0.4, -0.2) is 17.6 Å². The number of hydrogen-bond acceptors (Lipinski definition) is 2. The van der Waals surface area contributed by atoms with E-state index in [2.05, 4.69) is 0 Å². The lowest BCUT2D eigenvalue weighted by Crippen LogP contribution is -2.13. The standard InChI is InChI=1S/C29H20F6N2O2/c1-39-21-8-5-17(6-9-21)18-7-10-22-25(13-18)37(24-4-2-3-23(26(22)24)27(36)38)15-16-11-19(28(30,31)32)14-20(12-16)29(33,34)35/h2-14H,15H2,1H3,(H2,36,38). The molecule has 0 unspecified atom stereocenters. The highest BCUT2D eigenvalue weighted by Crippen LogP contribution is 2.39. The number of rotatable bonds is 5. The number of fused-ring (bicyclic) bond motifs is 3. The molecule has 0 aliphatic carbocycles. The number of amides is 1. The number of methoxy groups -OCH3 is 1. The van der Waals surface area contributed by atoms with Crippen molar-refractivity contribution < 1.29 is 35.9 Å². The van der Waals surface area contributed by atoms with Gasteiger partial charge in [0.25, 0.3) is 0 Å². The Kier molecular flexibility index (Phi) is 6.28. The summed E-state index contributed by atoms with van der Waals surface area (Å²) >= 11 is 0. The van der Waals surface area contributed by atoms with Crippen LogP contribution in [0.2, 0.25) is 0 Å². The van der Waals surface area contributed by atoms with Crippen molar-refractivity contribution in [1.82, 2.24) is 4.57 Å². The first-order chi connectivity index (χ1) is 18.4. The zero-order chi connectivity index (χ0) is 28.1. The van der Waals surface area contributed by atoms with E-state index in [1.54, 1.807) is 41.0 Å². The molecule has 1 aromatic heterocycles. The first kappa shape index (κ1) is 26.1. The third-order valence-corrected chi connectivity index (χ3v) is 6.57. The minimum atomic E-state index is -4.97. The molecule has 0 aliphatic heterocycles. The molecule has 0 saturated heterocycles. The summed E-state index contributed by atoms with van der Waals surface area (Å²) in [6.07, 6.45) is -9.95. The molecule has 0 bridgehead atoms. The molecule has 5 aromatic rings. The van der Waals surface area contributed by atoms with Crippen LogP contribution in [0.25, 0.3) is 32.9 Å². The molecule has 2 N–H and O–H groups in total. The Labute approximate surface area is 218 Å². The van der Waals surface area contributed by atoms with Gasteiger partial charge in [0.1, 0.15) is 5.75 Å². The lowest BCUT2D eigenvalue weighted by molar-refractivity contribution is -0.143. The van der Waals surface area contributed by atoms with Gasteiger partial charge < -0.3 is 15.0 Å². The van der Waals surface area contributed by atoms with E-state index >= 15 is 0 Å². The summed E-state index contributed by atoms with van der Waals surface area (Å²) in [5.74, 6) is -0.0673. The van der Waals surface area contributed by atoms with Gasteiger partial charge in [-0.1, -0.05) is 30.3 Å². The van der Waals surface area contributed by atoms with Gasteiger partial charge in [0.05, 0.1) is 29.3 Å². The minimum Gasteiger partial charge on any atom is -0.497 e. The number of aromatic nitrogens is 1. The van der Waals surface area contributed by atoms with Crippen LogP contribution >= 0.6 is 0 Å². The van der Waals surface area contributed by atoms with Crippen LogP contribution in [0.4, 0.5) is 26.3 Å². The number of carbonyl (C=O) groups excluding carboxylic acids is 1. The maximum atomic E-state index is 13.5. The normalized spacial score (nSPS) is 12.3. The van der Waals surface area contributed by atoms with Crippen molar-refractivity contribution in [2.75, 3.05) is 7.11 Å². The molecule has 1 amide bonds. The van der Waals surface area contributed by atoms with E-state index in [9.17, 15) is 31.1 Å². The smallest absolute Gasteiger partial charge is 0.416 e. The summed E-state index contributed by atoms with van der Waals surface area (Å²) in [4.78, 5) is 12.2. The molecule has 10 heteroatoms. The van der Waals surface area contributed by atoms with Gasteiger partial charge in [0.2, 0.25) is 5.91 Å². The average Bonchev–Trinajstić information content (AvgIpc) is 3.20. The molecule has 5 rings (SSSR count). The highest BCUT2D eigenvalue weighted by atomic mass is 19.4. The number of benzene rings is 4. The first-order valence-electron chi connectivity index (χ1n) is 11.6. The Bertz CT molecular complexity index is 1680. The molecule has 39 heavy (non-hydrogen) atoms. The number of hydrogen-bond donors (Lipinski definition) is 1. The molecular formula is C29H20F6N2O2. The van der Waals surface area contributed by atoms with Crippen LogP contribution in [0.3, 0.4) is 0 Å². The van der Waals surface area contributed by atoms with Gasteiger partial charge >= 0.3 is 12.4 Å². The largest absolute Gasteiger partial charge is 0.497 e. The zero-order valence-corrected chi connectivity index (χ0v) is 20.3. The topological polar surface area (TPSA) is 57.2 Å².